The predicted octanol–water partition coefficient (Wildman–Crippen LogP) is 2.72. The van der Waals surface area contributed by atoms with E-state index in [0.29, 0.717) is 43.4 Å². The molecular weight excluding hydrogens is 440 g/mol. The number of piperazine rings is 1. The highest BCUT2D eigenvalue weighted by molar-refractivity contribution is 7.98. The number of hydrogen-bond donors (Lipinski definition) is 0. The van der Waals surface area contributed by atoms with Crippen molar-refractivity contribution in [1.29, 1.82) is 0 Å². The highest BCUT2D eigenvalue weighted by Gasteiger charge is 2.34. The summed E-state index contributed by atoms with van der Waals surface area (Å²) in [6.07, 6.45) is 2.89. The van der Waals surface area contributed by atoms with Crippen molar-refractivity contribution in [3.63, 3.8) is 0 Å². The van der Waals surface area contributed by atoms with Gasteiger partial charge in [-0.15, -0.1) is 0 Å². The average Bonchev–Trinajstić information content (AvgIpc) is 3.32. The summed E-state index contributed by atoms with van der Waals surface area (Å²) in [4.78, 5) is 34.3. The molecule has 0 N–H and O–H groups in total. The fourth-order valence-corrected chi connectivity index (χ4v) is 4.64. The molecule has 1 fully saturated rings. The van der Waals surface area contributed by atoms with E-state index in [0.717, 1.165) is 10.8 Å². The van der Waals surface area contributed by atoms with Crippen molar-refractivity contribution in [2.24, 2.45) is 0 Å². The summed E-state index contributed by atoms with van der Waals surface area (Å²) in [6, 6.07) is 17.1. The first-order chi connectivity index (χ1) is 16.2. The van der Waals surface area contributed by atoms with Crippen LogP contribution in [-0.2, 0) is 4.79 Å². The van der Waals surface area contributed by atoms with Crippen LogP contribution in [0.1, 0.15) is 10.5 Å². The van der Waals surface area contributed by atoms with Crippen molar-refractivity contribution in [1.82, 2.24) is 19.4 Å². The van der Waals surface area contributed by atoms with Gasteiger partial charge in [-0.3, -0.25) is 14.2 Å². The summed E-state index contributed by atoms with van der Waals surface area (Å²) in [6.45, 7) is 1.97. The lowest BCUT2D eigenvalue weighted by Crippen LogP contribution is -2.55. The van der Waals surface area contributed by atoms with E-state index in [1.165, 1.54) is 11.8 Å². The van der Waals surface area contributed by atoms with Crippen molar-refractivity contribution >= 4 is 23.6 Å². The largest absolute Gasteiger partial charge is 0.485 e. The van der Waals surface area contributed by atoms with E-state index in [9.17, 15) is 9.59 Å². The van der Waals surface area contributed by atoms with Crippen molar-refractivity contribution in [3.05, 3.63) is 66.5 Å². The van der Waals surface area contributed by atoms with Gasteiger partial charge in [-0.1, -0.05) is 42.1 Å². The molecule has 33 heavy (non-hydrogen) atoms. The molecule has 3 aromatic rings. The Morgan fingerprint density at radius 3 is 2.33 bits per heavy atom. The molecule has 1 atom stereocenters. The first-order valence-electron chi connectivity index (χ1n) is 10.8. The molecular formula is C24H24N4O4S. The minimum atomic E-state index is -0.675. The maximum absolute atomic E-state index is 13.3. The molecule has 1 aromatic heterocycles. The first kappa shape index (κ1) is 21.4. The van der Waals surface area contributed by atoms with Crippen LogP contribution >= 0.6 is 11.8 Å². The number of thioether (sulfide) groups is 1. The van der Waals surface area contributed by atoms with Gasteiger partial charge in [0, 0.05) is 31.9 Å². The highest BCUT2D eigenvalue weighted by Crippen LogP contribution is 2.31. The van der Waals surface area contributed by atoms with Gasteiger partial charge in [0.1, 0.15) is 12.3 Å². The molecule has 0 bridgehead atoms. The van der Waals surface area contributed by atoms with Crippen LogP contribution < -0.4 is 9.47 Å². The van der Waals surface area contributed by atoms with Gasteiger partial charge in [-0.05, 0) is 30.5 Å². The zero-order valence-corrected chi connectivity index (χ0v) is 19.0. The summed E-state index contributed by atoms with van der Waals surface area (Å²) in [5.74, 6) is 1.02. The first-order valence-corrected chi connectivity index (χ1v) is 12.0. The Hall–Kier alpha value is -3.46. The second kappa shape index (κ2) is 9.19. The van der Waals surface area contributed by atoms with Crippen LogP contribution in [0.4, 0.5) is 0 Å². The van der Waals surface area contributed by atoms with Crippen molar-refractivity contribution in [2.45, 2.75) is 11.3 Å². The van der Waals surface area contributed by atoms with Crippen LogP contribution in [0.5, 0.6) is 11.5 Å². The van der Waals surface area contributed by atoms with Crippen LogP contribution in [0.25, 0.3) is 5.69 Å². The molecule has 0 spiro atoms. The van der Waals surface area contributed by atoms with Crippen LogP contribution in [-0.4, -0.2) is 76.3 Å². The molecule has 2 aliphatic rings. The Balaban J connectivity index is 1.25. The van der Waals surface area contributed by atoms with Gasteiger partial charge < -0.3 is 19.3 Å². The average molecular weight is 465 g/mol. The number of benzene rings is 2. The number of carbonyl (C=O) groups excluding carboxylic acids is 2. The Bertz CT molecular complexity index is 1160. The molecule has 5 rings (SSSR count). The Morgan fingerprint density at radius 2 is 1.61 bits per heavy atom. The molecule has 0 aliphatic carbocycles. The van der Waals surface area contributed by atoms with E-state index in [1.807, 2.05) is 59.4 Å². The maximum Gasteiger partial charge on any atom is 0.272 e. The number of hydrogen-bond acceptors (Lipinski definition) is 6. The molecule has 2 amide bonds. The number of rotatable bonds is 4. The zero-order valence-electron chi connectivity index (χ0n) is 18.2. The van der Waals surface area contributed by atoms with E-state index in [1.54, 1.807) is 22.1 Å². The number of imidazole rings is 1. The second-order valence-corrected chi connectivity index (χ2v) is 8.56. The summed E-state index contributed by atoms with van der Waals surface area (Å²) < 4.78 is 13.4. The number of ether oxygens (including phenoxy) is 2. The molecule has 2 aliphatic heterocycles. The molecule has 0 radical (unpaired) electrons. The van der Waals surface area contributed by atoms with Crippen molar-refractivity contribution in [3.8, 4) is 17.2 Å². The van der Waals surface area contributed by atoms with Crippen LogP contribution in [0.3, 0.4) is 0 Å². The number of carbonyl (C=O) groups is 2. The molecule has 170 valence electrons. The topological polar surface area (TPSA) is 76.9 Å². The molecule has 3 heterocycles. The quantitative estimate of drug-likeness (QED) is 0.553. The summed E-state index contributed by atoms with van der Waals surface area (Å²) in [5, 5.41) is 0.757. The number of para-hydroxylation sites is 3. The van der Waals surface area contributed by atoms with E-state index in [4.69, 9.17) is 9.47 Å². The lowest BCUT2D eigenvalue weighted by atomic mass is 10.2. The van der Waals surface area contributed by atoms with Crippen LogP contribution in [0.2, 0.25) is 0 Å². The van der Waals surface area contributed by atoms with Crippen LogP contribution in [0, 0.1) is 0 Å². The monoisotopic (exact) mass is 464 g/mol. The lowest BCUT2D eigenvalue weighted by molar-refractivity contribution is -0.142. The minimum Gasteiger partial charge on any atom is -0.485 e. The van der Waals surface area contributed by atoms with E-state index in [2.05, 4.69) is 4.98 Å². The third-order valence-corrected chi connectivity index (χ3v) is 6.46. The normalized spacial score (nSPS) is 17.7. The molecule has 9 heteroatoms. The molecule has 1 saturated heterocycles. The SMILES string of the molecule is CSc1ncc(C(=O)N2CCN(C(=O)[C@@H]3COc4ccccc4O3)CC2)n1-c1ccccc1. The number of aromatic nitrogens is 2. The second-order valence-electron chi connectivity index (χ2n) is 7.78. The van der Waals surface area contributed by atoms with Gasteiger partial charge in [0.15, 0.2) is 16.7 Å². The van der Waals surface area contributed by atoms with Gasteiger partial charge >= 0.3 is 0 Å². The van der Waals surface area contributed by atoms with E-state index >= 15 is 0 Å². The molecule has 0 unspecified atom stereocenters. The minimum absolute atomic E-state index is 0.0927. The van der Waals surface area contributed by atoms with Gasteiger partial charge in [-0.25, -0.2) is 4.98 Å². The Labute approximate surface area is 196 Å². The van der Waals surface area contributed by atoms with Crippen molar-refractivity contribution < 1.29 is 19.1 Å². The van der Waals surface area contributed by atoms with Crippen molar-refractivity contribution in [2.75, 3.05) is 39.0 Å². The fourth-order valence-electron chi connectivity index (χ4n) is 4.09. The van der Waals surface area contributed by atoms with Gasteiger partial charge in [-0.2, -0.15) is 0 Å². The summed E-state index contributed by atoms with van der Waals surface area (Å²) in [7, 11) is 0. The van der Waals surface area contributed by atoms with Gasteiger partial charge in [0.2, 0.25) is 6.10 Å². The Kier molecular flexibility index (Phi) is 5.95. The van der Waals surface area contributed by atoms with E-state index < -0.39 is 6.10 Å². The third-order valence-electron chi connectivity index (χ3n) is 5.81. The molecule has 8 nitrogen and oxygen atoms in total. The van der Waals surface area contributed by atoms with E-state index in [-0.39, 0.29) is 18.4 Å². The third kappa shape index (κ3) is 4.16. The summed E-state index contributed by atoms with van der Waals surface area (Å²) in [5.41, 5.74) is 1.41. The lowest BCUT2D eigenvalue weighted by Gasteiger charge is -2.37. The van der Waals surface area contributed by atoms with Crippen LogP contribution in [0.15, 0.2) is 66.0 Å². The summed E-state index contributed by atoms with van der Waals surface area (Å²) >= 11 is 1.49. The maximum atomic E-state index is 13.3. The van der Waals surface area contributed by atoms with Gasteiger partial charge in [0.25, 0.3) is 11.8 Å². The number of amides is 2. The Morgan fingerprint density at radius 1 is 0.939 bits per heavy atom. The highest BCUT2D eigenvalue weighted by atomic mass is 32.2. The number of nitrogens with zero attached hydrogens (tertiary/aromatic N) is 4. The molecule has 2 aromatic carbocycles. The number of fused-ring (bicyclic) bond motifs is 1. The van der Waals surface area contributed by atoms with Gasteiger partial charge in [0.05, 0.1) is 6.20 Å². The zero-order chi connectivity index (χ0) is 22.8. The predicted molar refractivity (Wildman–Crippen MR) is 124 cm³/mol. The molecule has 0 saturated carbocycles. The smallest absolute Gasteiger partial charge is 0.272 e. The fraction of sp³-hybridized carbons (Fsp3) is 0.292. The standard InChI is InChI=1S/C24H24N4O4S/c1-33-24-25-15-18(28(24)17-7-3-2-4-8-17)22(29)26-11-13-27(14-12-26)23(30)21-16-31-19-9-5-6-10-20(19)32-21/h2-10,15,21H,11-14,16H2,1H3/t21-/m0/s1.